The minimum absolute atomic E-state index is 0.163. The van der Waals surface area contributed by atoms with Gasteiger partial charge in [0.1, 0.15) is 10.7 Å². The number of hydrogen-bond acceptors (Lipinski definition) is 6. The van der Waals surface area contributed by atoms with Gasteiger partial charge in [-0.3, -0.25) is 0 Å². The number of pyridine rings is 1. The number of ether oxygens (including phenoxy) is 2. The summed E-state index contributed by atoms with van der Waals surface area (Å²) in [7, 11) is -0.523. The van der Waals surface area contributed by atoms with Gasteiger partial charge in [-0.25, -0.2) is 13.4 Å². The molecular formula is C13H23N3O4S. The number of aromatic nitrogens is 1. The molecule has 0 fully saturated rings. The Labute approximate surface area is 126 Å². The quantitative estimate of drug-likeness (QED) is 0.687. The molecule has 7 nitrogen and oxygen atoms in total. The van der Waals surface area contributed by atoms with E-state index in [1.54, 1.807) is 12.1 Å². The van der Waals surface area contributed by atoms with Gasteiger partial charge in [-0.15, -0.1) is 0 Å². The molecule has 1 rings (SSSR count). The summed E-state index contributed by atoms with van der Waals surface area (Å²) in [5.41, 5.74) is 0. The molecule has 0 bridgehead atoms. The van der Waals surface area contributed by atoms with Gasteiger partial charge in [-0.05, 0) is 19.1 Å². The summed E-state index contributed by atoms with van der Waals surface area (Å²) < 4.78 is 36.4. The fourth-order valence-electron chi connectivity index (χ4n) is 1.71. The van der Waals surface area contributed by atoms with Crippen LogP contribution in [0, 0.1) is 0 Å². The van der Waals surface area contributed by atoms with Gasteiger partial charge in [-0.1, -0.05) is 0 Å². The molecule has 0 aliphatic rings. The average Bonchev–Trinajstić information content (AvgIpc) is 2.48. The molecule has 0 aromatic carbocycles. The van der Waals surface area contributed by atoms with Crippen molar-refractivity contribution >= 4 is 15.8 Å². The molecule has 0 spiro atoms. The maximum absolute atomic E-state index is 12.6. The summed E-state index contributed by atoms with van der Waals surface area (Å²) in [6.45, 7) is 3.88. The Morgan fingerprint density at radius 3 is 2.24 bits per heavy atom. The van der Waals surface area contributed by atoms with Crippen LogP contribution in [0.2, 0.25) is 0 Å². The third-order valence-electron chi connectivity index (χ3n) is 2.82. The molecule has 1 aromatic rings. The second-order valence-corrected chi connectivity index (χ2v) is 6.24. The first-order valence-corrected chi connectivity index (χ1v) is 8.18. The highest BCUT2D eigenvalue weighted by molar-refractivity contribution is 7.89. The van der Waals surface area contributed by atoms with Crippen molar-refractivity contribution in [2.24, 2.45) is 0 Å². The van der Waals surface area contributed by atoms with E-state index in [1.165, 1.54) is 24.7 Å². The molecule has 0 atom stereocenters. The highest BCUT2D eigenvalue weighted by atomic mass is 32.2. The van der Waals surface area contributed by atoms with Gasteiger partial charge in [0.05, 0.1) is 13.2 Å². The van der Waals surface area contributed by atoms with Crippen molar-refractivity contribution < 1.29 is 17.9 Å². The van der Waals surface area contributed by atoms with E-state index in [1.807, 2.05) is 6.92 Å². The lowest BCUT2D eigenvalue weighted by Crippen LogP contribution is -2.36. The molecule has 0 unspecified atom stereocenters. The standard InChI is InChI=1S/C13H23N3O4S/c1-4-14-13-6-5-12(11-15-13)21(17,18)16(7-9-19-2)8-10-20-3/h5-6,11H,4,7-10H2,1-3H3,(H,14,15). The lowest BCUT2D eigenvalue weighted by molar-refractivity contribution is 0.150. The van der Waals surface area contributed by atoms with Gasteiger partial charge in [0, 0.05) is 40.1 Å². The Kier molecular flexibility index (Phi) is 7.58. The molecule has 8 heteroatoms. The largest absolute Gasteiger partial charge is 0.383 e. The minimum atomic E-state index is -3.59. The Bertz CT molecular complexity index is 497. The zero-order valence-electron chi connectivity index (χ0n) is 12.7. The first-order valence-electron chi connectivity index (χ1n) is 6.74. The second kappa shape index (κ2) is 8.93. The van der Waals surface area contributed by atoms with Gasteiger partial charge in [-0.2, -0.15) is 4.31 Å². The van der Waals surface area contributed by atoms with E-state index in [-0.39, 0.29) is 18.0 Å². The van der Waals surface area contributed by atoms with Crippen LogP contribution < -0.4 is 5.32 Å². The fourth-order valence-corrected chi connectivity index (χ4v) is 3.06. The third kappa shape index (κ3) is 5.24. The normalized spacial score (nSPS) is 11.8. The van der Waals surface area contributed by atoms with Gasteiger partial charge < -0.3 is 14.8 Å². The molecule has 0 aliphatic carbocycles. The number of sulfonamides is 1. The van der Waals surface area contributed by atoms with Crippen molar-refractivity contribution in [2.45, 2.75) is 11.8 Å². The zero-order chi connectivity index (χ0) is 15.7. The van der Waals surface area contributed by atoms with E-state index in [9.17, 15) is 8.42 Å². The lowest BCUT2D eigenvalue weighted by atomic mass is 10.4. The molecule has 1 aromatic heterocycles. The number of hydrogen-bond donors (Lipinski definition) is 1. The predicted octanol–water partition coefficient (Wildman–Crippen LogP) is 0.797. The van der Waals surface area contributed by atoms with Crippen molar-refractivity contribution in [3.63, 3.8) is 0 Å². The van der Waals surface area contributed by atoms with Crippen molar-refractivity contribution in [3.8, 4) is 0 Å². The molecule has 1 heterocycles. The fraction of sp³-hybridized carbons (Fsp3) is 0.615. The molecule has 120 valence electrons. The van der Waals surface area contributed by atoms with Gasteiger partial charge in [0.25, 0.3) is 0 Å². The maximum Gasteiger partial charge on any atom is 0.244 e. The van der Waals surface area contributed by atoms with Crippen LogP contribution in [0.5, 0.6) is 0 Å². The Balaban J connectivity index is 2.92. The maximum atomic E-state index is 12.6. The van der Waals surface area contributed by atoms with Crippen LogP contribution >= 0.6 is 0 Å². The van der Waals surface area contributed by atoms with Crippen molar-refractivity contribution in [1.82, 2.24) is 9.29 Å². The van der Waals surface area contributed by atoms with Crippen LogP contribution in [0.25, 0.3) is 0 Å². The first kappa shape index (κ1) is 17.8. The smallest absolute Gasteiger partial charge is 0.244 e. The van der Waals surface area contributed by atoms with Gasteiger partial charge >= 0.3 is 0 Å². The summed E-state index contributed by atoms with van der Waals surface area (Å²) >= 11 is 0. The third-order valence-corrected chi connectivity index (χ3v) is 4.70. The van der Waals surface area contributed by atoms with Crippen molar-refractivity contribution in [3.05, 3.63) is 18.3 Å². The number of nitrogens with one attached hydrogen (secondary N) is 1. The van der Waals surface area contributed by atoms with Crippen molar-refractivity contribution in [1.29, 1.82) is 0 Å². The predicted molar refractivity (Wildman–Crippen MR) is 80.9 cm³/mol. The average molecular weight is 317 g/mol. The summed E-state index contributed by atoms with van der Waals surface area (Å²) in [6.07, 6.45) is 1.36. The summed E-state index contributed by atoms with van der Waals surface area (Å²) in [5.74, 6) is 0.650. The minimum Gasteiger partial charge on any atom is -0.383 e. The van der Waals surface area contributed by atoms with E-state index < -0.39 is 10.0 Å². The highest BCUT2D eigenvalue weighted by Gasteiger charge is 2.24. The van der Waals surface area contributed by atoms with Gasteiger partial charge in [0.15, 0.2) is 0 Å². The second-order valence-electron chi connectivity index (χ2n) is 4.30. The zero-order valence-corrected chi connectivity index (χ0v) is 13.5. The Morgan fingerprint density at radius 1 is 1.19 bits per heavy atom. The van der Waals surface area contributed by atoms with Crippen LogP contribution in [0.1, 0.15) is 6.92 Å². The highest BCUT2D eigenvalue weighted by Crippen LogP contribution is 2.16. The number of methoxy groups -OCH3 is 2. The molecule has 0 saturated carbocycles. The van der Waals surface area contributed by atoms with Crippen LogP contribution in [-0.2, 0) is 19.5 Å². The van der Waals surface area contributed by atoms with Gasteiger partial charge in [0.2, 0.25) is 10.0 Å². The molecular weight excluding hydrogens is 294 g/mol. The molecule has 0 radical (unpaired) electrons. The van der Waals surface area contributed by atoms with Crippen LogP contribution in [-0.4, -0.2) is 64.8 Å². The number of anilines is 1. The van der Waals surface area contributed by atoms with Crippen LogP contribution in [0.4, 0.5) is 5.82 Å². The van der Waals surface area contributed by atoms with Crippen LogP contribution in [0.3, 0.4) is 0 Å². The summed E-state index contributed by atoms with van der Waals surface area (Å²) in [4.78, 5) is 4.26. The van der Waals surface area contributed by atoms with E-state index in [2.05, 4.69) is 10.3 Å². The molecule has 21 heavy (non-hydrogen) atoms. The molecule has 1 N–H and O–H groups in total. The SMILES string of the molecule is CCNc1ccc(S(=O)(=O)N(CCOC)CCOC)cn1. The lowest BCUT2D eigenvalue weighted by Gasteiger charge is -2.21. The van der Waals surface area contributed by atoms with E-state index >= 15 is 0 Å². The van der Waals surface area contributed by atoms with E-state index in [0.717, 1.165) is 6.54 Å². The summed E-state index contributed by atoms with van der Waals surface area (Å²) in [6, 6.07) is 3.20. The first-order chi connectivity index (χ1) is 10.1. The van der Waals surface area contributed by atoms with E-state index in [4.69, 9.17) is 9.47 Å². The van der Waals surface area contributed by atoms with Crippen LogP contribution in [0.15, 0.2) is 23.2 Å². The number of rotatable bonds is 10. The molecule has 0 amide bonds. The van der Waals surface area contributed by atoms with E-state index in [0.29, 0.717) is 19.0 Å². The Hall–Kier alpha value is -1.22. The Morgan fingerprint density at radius 2 is 1.81 bits per heavy atom. The number of nitrogens with zero attached hydrogens (tertiary/aromatic N) is 2. The molecule has 0 aliphatic heterocycles. The monoisotopic (exact) mass is 317 g/mol. The topological polar surface area (TPSA) is 80.8 Å². The molecule has 0 saturated heterocycles. The summed E-state index contributed by atoms with van der Waals surface area (Å²) in [5, 5.41) is 3.02. The van der Waals surface area contributed by atoms with Crippen molar-refractivity contribution in [2.75, 3.05) is 52.4 Å².